The fourth-order valence-electron chi connectivity index (χ4n) is 2.92. The zero-order chi connectivity index (χ0) is 19.2. The van der Waals surface area contributed by atoms with Crippen LogP contribution in [0.25, 0.3) is 0 Å². The predicted molar refractivity (Wildman–Crippen MR) is 101 cm³/mol. The van der Waals surface area contributed by atoms with Gasteiger partial charge in [0.15, 0.2) is 6.54 Å². The molecule has 0 heterocycles. The van der Waals surface area contributed by atoms with Crippen molar-refractivity contribution in [3.05, 3.63) is 101 Å². The third-order valence-corrected chi connectivity index (χ3v) is 4.34. The molecule has 0 fully saturated rings. The van der Waals surface area contributed by atoms with Crippen molar-refractivity contribution in [3.63, 3.8) is 0 Å². The fraction of sp³-hybridized carbons (Fsp3) is 0.136. The van der Waals surface area contributed by atoms with E-state index in [1.165, 1.54) is 0 Å². The third-order valence-electron chi connectivity index (χ3n) is 4.34. The Labute approximate surface area is 157 Å². The minimum absolute atomic E-state index is 0.0728. The van der Waals surface area contributed by atoms with Crippen LogP contribution in [0.1, 0.15) is 22.7 Å². The molecule has 3 rings (SSSR count). The summed E-state index contributed by atoms with van der Waals surface area (Å²) in [6, 6.07) is 20.9. The van der Waals surface area contributed by atoms with E-state index in [9.17, 15) is 13.6 Å². The number of nitrogens with two attached hydrogens (primary N) is 1. The highest BCUT2D eigenvalue weighted by atomic mass is 19.1. The van der Waals surface area contributed by atoms with Gasteiger partial charge in [-0.15, -0.1) is 0 Å². The number of benzene rings is 3. The Kier molecular flexibility index (Phi) is 5.94. The lowest BCUT2D eigenvalue weighted by Crippen LogP contribution is -2.87. The van der Waals surface area contributed by atoms with Crippen molar-refractivity contribution < 1.29 is 18.9 Å². The van der Waals surface area contributed by atoms with Gasteiger partial charge in [0.1, 0.15) is 17.7 Å². The zero-order valence-corrected chi connectivity index (χ0v) is 15.0. The molecule has 0 saturated carbocycles. The molecular formula is C22H21F2N2O+. The number of hydrogen-bond acceptors (Lipinski definition) is 1. The molecule has 1 atom stereocenters. The number of halogens is 2. The standard InChI is InChI=1S/C22H20F2N2O/c1-15-7-9-17(10-8-15)22(16-5-3-2-4-6-16)25-14-21(27)26-20-13-18(23)11-12-19(20)24/h2-13,22,25H,14H2,1H3,(H,26,27)/p+1/t22-/m0/s1. The summed E-state index contributed by atoms with van der Waals surface area (Å²) in [6.45, 7) is 2.09. The van der Waals surface area contributed by atoms with E-state index in [1.54, 1.807) is 0 Å². The molecule has 0 aliphatic carbocycles. The highest BCUT2D eigenvalue weighted by Crippen LogP contribution is 2.19. The molecule has 0 aliphatic heterocycles. The lowest BCUT2D eigenvalue weighted by Gasteiger charge is -2.17. The number of nitrogens with one attached hydrogen (secondary N) is 1. The van der Waals surface area contributed by atoms with E-state index in [-0.39, 0.29) is 18.3 Å². The van der Waals surface area contributed by atoms with E-state index in [0.717, 1.165) is 34.9 Å². The summed E-state index contributed by atoms with van der Waals surface area (Å²) in [5, 5.41) is 4.31. The van der Waals surface area contributed by atoms with Crippen LogP contribution in [0.2, 0.25) is 0 Å². The average molecular weight is 367 g/mol. The number of amides is 1. The Balaban J connectivity index is 1.73. The van der Waals surface area contributed by atoms with Gasteiger partial charge < -0.3 is 10.6 Å². The highest BCUT2D eigenvalue weighted by molar-refractivity contribution is 5.91. The van der Waals surface area contributed by atoms with Gasteiger partial charge in [0, 0.05) is 17.2 Å². The molecule has 3 N–H and O–H groups in total. The van der Waals surface area contributed by atoms with E-state index in [1.807, 2.05) is 66.8 Å². The van der Waals surface area contributed by atoms with Gasteiger partial charge in [-0.3, -0.25) is 4.79 Å². The predicted octanol–water partition coefficient (Wildman–Crippen LogP) is 3.56. The molecule has 5 heteroatoms. The summed E-state index contributed by atoms with van der Waals surface area (Å²) in [6.07, 6.45) is 0. The molecule has 0 spiro atoms. The molecule has 27 heavy (non-hydrogen) atoms. The maximum atomic E-state index is 13.7. The van der Waals surface area contributed by atoms with Crippen molar-refractivity contribution in [2.45, 2.75) is 13.0 Å². The van der Waals surface area contributed by atoms with Crippen LogP contribution >= 0.6 is 0 Å². The molecule has 3 aromatic rings. The number of carbonyl (C=O) groups excluding carboxylic acids is 1. The van der Waals surface area contributed by atoms with Gasteiger partial charge in [-0.2, -0.15) is 0 Å². The molecular weight excluding hydrogens is 346 g/mol. The number of hydrogen-bond donors (Lipinski definition) is 2. The molecule has 0 unspecified atom stereocenters. The second kappa shape index (κ2) is 8.56. The maximum Gasteiger partial charge on any atom is 0.279 e. The summed E-state index contributed by atoms with van der Waals surface area (Å²) in [7, 11) is 0. The first kappa shape index (κ1) is 18.7. The van der Waals surface area contributed by atoms with Crippen molar-refractivity contribution in [1.29, 1.82) is 0 Å². The summed E-state index contributed by atoms with van der Waals surface area (Å²) in [4.78, 5) is 12.3. The number of rotatable bonds is 6. The van der Waals surface area contributed by atoms with Crippen molar-refractivity contribution in [2.24, 2.45) is 0 Å². The van der Waals surface area contributed by atoms with Crippen LogP contribution in [0, 0.1) is 18.6 Å². The average Bonchev–Trinajstić information content (AvgIpc) is 2.67. The lowest BCUT2D eigenvalue weighted by atomic mass is 9.98. The minimum Gasteiger partial charge on any atom is -0.328 e. The number of quaternary nitrogens is 1. The second-order valence-corrected chi connectivity index (χ2v) is 6.41. The van der Waals surface area contributed by atoms with E-state index >= 15 is 0 Å². The fourth-order valence-corrected chi connectivity index (χ4v) is 2.92. The quantitative estimate of drug-likeness (QED) is 0.687. The van der Waals surface area contributed by atoms with Crippen molar-refractivity contribution in [1.82, 2.24) is 0 Å². The zero-order valence-electron chi connectivity index (χ0n) is 15.0. The van der Waals surface area contributed by atoms with Gasteiger partial charge in [-0.05, 0) is 19.1 Å². The van der Waals surface area contributed by atoms with Gasteiger partial charge >= 0.3 is 0 Å². The summed E-state index contributed by atoms with van der Waals surface area (Å²) in [5.74, 6) is -1.66. The van der Waals surface area contributed by atoms with Crippen molar-refractivity contribution in [2.75, 3.05) is 11.9 Å². The summed E-state index contributed by atoms with van der Waals surface area (Å²) >= 11 is 0. The molecule has 3 nitrogen and oxygen atoms in total. The topological polar surface area (TPSA) is 45.7 Å². The molecule has 0 aromatic heterocycles. The van der Waals surface area contributed by atoms with Gasteiger partial charge in [0.2, 0.25) is 0 Å². The first-order valence-electron chi connectivity index (χ1n) is 8.72. The molecule has 138 valence electrons. The molecule has 3 aromatic carbocycles. The Bertz CT molecular complexity index is 911. The first-order chi connectivity index (χ1) is 13.0. The lowest BCUT2D eigenvalue weighted by molar-refractivity contribution is -0.676. The smallest absolute Gasteiger partial charge is 0.279 e. The van der Waals surface area contributed by atoms with E-state index in [2.05, 4.69) is 5.32 Å². The molecule has 1 amide bonds. The monoisotopic (exact) mass is 367 g/mol. The summed E-state index contributed by atoms with van der Waals surface area (Å²) < 4.78 is 27.0. The first-order valence-corrected chi connectivity index (χ1v) is 8.72. The second-order valence-electron chi connectivity index (χ2n) is 6.41. The Morgan fingerprint density at radius 3 is 2.33 bits per heavy atom. The van der Waals surface area contributed by atoms with Crippen LogP contribution in [0.5, 0.6) is 0 Å². The largest absolute Gasteiger partial charge is 0.328 e. The van der Waals surface area contributed by atoms with Crippen molar-refractivity contribution in [3.8, 4) is 0 Å². The van der Waals surface area contributed by atoms with Crippen molar-refractivity contribution >= 4 is 11.6 Å². The minimum atomic E-state index is -0.664. The SMILES string of the molecule is Cc1ccc([C@@H]([NH2+]CC(=O)Nc2cc(F)ccc2F)c2ccccc2)cc1. The van der Waals surface area contributed by atoms with E-state index in [4.69, 9.17) is 0 Å². The number of aryl methyl sites for hydroxylation is 1. The van der Waals surface area contributed by atoms with Crippen LogP contribution in [0.3, 0.4) is 0 Å². The van der Waals surface area contributed by atoms with Gasteiger partial charge in [0.05, 0.1) is 5.69 Å². The van der Waals surface area contributed by atoms with Gasteiger partial charge in [0.25, 0.3) is 5.91 Å². The van der Waals surface area contributed by atoms with E-state index < -0.39 is 17.5 Å². The van der Waals surface area contributed by atoms with Gasteiger partial charge in [-0.1, -0.05) is 60.2 Å². The number of anilines is 1. The number of carbonyl (C=O) groups is 1. The van der Waals surface area contributed by atoms with Crippen LogP contribution in [-0.2, 0) is 4.79 Å². The third kappa shape index (κ3) is 4.99. The van der Waals surface area contributed by atoms with Gasteiger partial charge in [-0.25, -0.2) is 8.78 Å². The Hall–Kier alpha value is -3.05. The Morgan fingerprint density at radius 1 is 0.963 bits per heavy atom. The molecule has 0 aliphatic rings. The maximum absolute atomic E-state index is 13.7. The van der Waals surface area contributed by atoms with Crippen LogP contribution < -0.4 is 10.6 Å². The molecule has 0 radical (unpaired) electrons. The molecule has 0 saturated heterocycles. The van der Waals surface area contributed by atoms with Crippen LogP contribution in [-0.4, -0.2) is 12.5 Å². The Morgan fingerprint density at radius 2 is 1.63 bits per heavy atom. The highest BCUT2D eigenvalue weighted by Gasteiger charge is 2.19. The normalized spacial score (nSPS) is 11.8. The van der Waals surface area contributed by atoms with E-state index in [0.29, 0.717) is 0 Å². The summed E-state index contributed by atoms with van der Waals surface area (Å²) in [5.41, 5.74) is 3.13. The van der Waals surface area contributed by atoms with Crippen LogP contribution in [0.15, 0.2) is 72.8 Å². The van der Waals surface area contributed by atoms with Crippen LogP contribution in [0.4, 0.5) is 14.5 Å². The molecule has 0 bridgehead atoms.